The number of hydrogen-bond donors (Lipinski definition) is 1. The second-order valence-corrected chi connectivity index (χ2v) is 4.70. The molecule has 0 saturated carbocycles. The van der Waals surface area contributed by atoms with Crippen molar-refractivity contribution >= 4 is 0 Å². The van der Waals surface area contributed by atoms with E-state index < -0.39 is 0 Å². The summed E-state index contributed by atoms with van der Waals surface area (Å²) in [5, 5.41) is 7.35. The van der Waals surface area contributed by atoms with Crippen molar-refractivity contribution in [3.63, 3.8) is 0 Å². The van der Waals surface area contributed by atoms with E-state index >= 15 is 0 Å². The van der Waals surface area contributed by atoms with Crippen molar-refractivity contribution in [2.45, 2.75) is 27.3 Å². The van der Waals surface area contributed by atoms with Crippen LogP contribution in [0.1, 0.15) is 25.2 Å². The number of aryl methyl sites for hydroxylation is 1. The van der Waals surface area contributed by atoms with Gasteiger partial charge in [0, 0.05) is 25.0 Å². The van der Waals surface area contributed by atoms with Gasteiger partial charge in [-0.1, -0.05) is 19.0 Å². The number of rotatable bonds is 5. The fraction of sp³-hybridized carbons (Fsp3) is 0.462. The summed E-state index contributed by atoms with van der Waals surface area (Å²) in [6.07, 6.45) is 3.32. The van der Waals surface area contributed by atoms with Crippen LogP contribution in [0.2, 0.25) is 0 Å². The predicted molar refractivity (Wildman–Crippen MR) is 68.8 cm³/mol. The van der Waals surface area contributed by atoms with Crippen LogP contribution in [-0.2, 0) is 6.54 Å². The zero-order chi connectivity index (χ0) is 13.0. The van der Waals surface area contributed by atoms with E-state index in [0.717, 1.165) is 23.6 Å². The van der Waals surface area contributed by atoms with Gasteiger partial charge in [-0.15, -0.1) is 0 Å². The third-order valence-corrected chi connectivity index (χ3v) is 2.53. The molecule has 96 valence electrons. The monoisotopic (exact) mass is 246 g/mol. The van der Waals surface area contributed by atoms with Gasteiger partial charge >= 0.3 is 0 Å². The second-order valence-electron chi connectivity index (χ2n) is 4.70. The zero-order valence-electron chi connectivity index (χ0n) is 11.0. The summed E-state index contributed by atoms with van der Waals surface area (Å²) in [5.74, 6) is 1.29. The van der Waals surface area contributed by atoms with E-state index in [1.54, 1.807) is 12.4 Å². The van der Waals surface area contributed by atoms with Crippen LogP contribution in [0.15, 0.2) is 23.0 Å². The highest BCUT2D eigenvalue weighted by atomic mass is 16.5. The van der Waals surface area contributed by atoms with Crippen LogP contribution < -0.4 is 5.32 Å². The lowest BCUT2D eigenvalue weighted by Crippen LogP contribution is -2.18. The van der Waals surface area contributed by atoms with E-state index in [2.05, 4.69) is 34.3 Å². The Hall–Kier alpha value is -1.75. The molecule has 5 nitrogen and oxygen atoms in total. The molecule has 5 heteroatoms. The van der Waals surface area contributed by atoms with Crippen LogP contribution in [0.3, 0.4) is 0 Å². The molecule has 0 aliphatic heterocycles. The molecule has 2 heterocycles. The smallest absolute Gasteiger partial charge is 0.187 e. The summed E-state index contributed by atoms with van der Waals surface area (Å²) >= 11 is 0. The minimum Gasteiger partial charge on any atom is -0.354 e. The van der Waals surface area contributed by atoms with Crippen molar-refractivity contribution in [1.82, 2.24) is 20.4 Å². The van der Waals surface area contributed by atoms with Crippen LogP contribution in [0, 0.1) is 12.8 Å². The minimum absolute atomic E-state index is 0.624. The maximum atomic E-state index is 5.30. The van der Waals surface area contributed by atoms with Crippen LogP contribution in [0.4, 0.5) is 0 Å². The lowest BCUT2D eigenvalue weighted by Gasteiger charge is -2.04. The van der Waals surface area contributed by atoms with Gasteiger partial charge in [0.25, 0.3) is 0 Å². The van der Waals surface area contributed by atoms with Gasteiger partial charge in [-0.05, 0) is 19.4 Å². The topological polar surface area (TPSA) is 63.8 Å². The molecule has 0 aliphatic carbocycles. The van der Waals surface area contributed by atoms with Crippen molar-refractivity contribution in [2.75, 3.05) is 6.54 Å². The fourth-order valence-electron chi connectivity index (χ4n) is 1.65. The number of aromatic nitrogens is 3. The first-order valence-corrected chi connectivity index (χ1v) is 6.11. The molecule has 2 aromatic rings. The van der Waals surface area contributed by atoms with Gasteiger partial charge in [-0.3, -0.25) is 4.98 Å². The van der Waals surface area contributed by atoms with E-state index in [4.69, 9.17) is 4.52 Å². The van der Waals surface area contributed by atoms with E-state index in [9.17, 15) is 0 Å². The second kappa shape index (κ2) is 5.73. The zero-order valence-corrected chi connectivity index (χ0v) is 11.0. The Kier molecular flexibility index (Phi) is 4.04. The average Bonchev–Trinajstić information content (AvgIpc) is 2.78. The number of nitrogens with one attached hydrogen (secondary N) is 1. The molecular formula is C13H18N4O. The molecule has 0 atom stereocenters. The van der Waals surface area contributed by atoms with Crippen molar-refractivity contribution in [2.24, 2.45) is 5.92 Å². The van der Waals surface area contributed by atoms with Crippen LogP contribution in [-0.4, -0.2) is 21.7 Å². The van der Waals surface area contributed by atoms with E-state index in [1.165, 1.54) is 0 Å². The maximum Gasteiger partial charge on any atom is 0.187 e. The number of nitrogens with zero attached hydrogens (tertiary/aromatic N) is 3. The Balaban J connectivity index is 2.04. The van der Waals surface area contributed by atoms with Crippen molar-refractivity contribution in [3.05, 3.63) is 29.8 Å². The van der Waals surface area contributed by atoms with Crippen LogP contribution in [0.25, 0.3) is 11.5 Å². The van der Waals surface area contributed by atoms with Crippen molar-refractivity contribution < 1.29 is 4.52 Å². The Morgan fingerprint density at radius 2 is 2.06 bits per heavy atom. The molecule has 0 fully saturated rings. The van der Waals surface area contributed by atoms with Gasteiger partial charge < -0.3 is 9.84 Å². The molecule has 0 radical (unpaired) electrons. The Labute approximate surface area is 107 Å². The molecule has 18 heavy (non-hydrogen) atoms. The van der Waals surface area contributed by atoms with Gasteiger partial charge in [0.1, 0.15) is 5.69 Å². The largest absolute Gasteiger partial charge is 0.354 e. The lowest BCUT2D eigenvalue weighted by atomic mass is 10.2. The van der Waals surface area contributed by atoms with E-state index in [0.29, 0.717) is 18.2 Å². The molecule has 0 amide bonds. The molecule has 0 aromatic carbocycles. The van der Waals surface area contributed by atoms with E-state index in [1.807, 2.05) is 13.0 Å². The summed E-state index contributed by atoms with van der Waals surface area (Å²) in [6.45, 7) is 7.92. The van der Waals surface area contributed by atoms with E-state index in [-0.39, 0.29) is 0 Å². The summed E-state index contributed by atoms with van der Waals surface area (Å²) < 4.78 is 5.30. The summed E-state index contributed by atoms with van der Waals surface area (Å²) in [4.78, 5) is 8.44. The third kappa shape index (κ3) is 3.13. The number of hydrogen-bond acceptors (Lipinski definition) is 5. The summed E-state index contributed by atoms with van der Waals surface area (Å²) in [6, 6.07) is 1.91. The normalized spacial score (nSPS) is 11.1. The molecular weight excluding hydrogens is 228 g/mol. The van der Waals surface area contributed by atoms with Gasteiger partial charge in [-0.25, -0.2) is 4.98 Å². The molecule has 0 saturated heterocycles. The quantitative estimate of drug-likeness (QED) is 0.876. The first kappa shape index (κ1) is 12.7. The highest BCUT2D eigenvalue weighted by Crippen LogP contribution is 2.19. The average molecular weight is 246 g/mol. The molecule has 0 spiro atoms. The van der Waals surface area contributed by atoms with Gasteiger partial charge in [0.15, 0.2) is 5.76 Å². The maximum absolute atomic E-state index is 5.30. The van der Waals surface area contributed by atoms with Gasteiger partial charge in [0.2, 0.25) is 0 Å². The molecule has 1 N–H and O–H groups in total. The minimum atomic E-state index is 0.624. The SMILES string of the molecule is Cc1nccnc1-c1cc(CNCC(C)C)no1. The summed E-state index contributed by atoms with van der Waals surface area (Å²) in [5.41, 5.74) is 2.48. The van der Waals surface area contributed by atoms with Gasteiger partial charge in [0.05, 0.1) is 11.4 Å². The molecule has 2 aromatic heterocycles. The lowest BCUT2D eigenvalue weighted by molar-refractivity contribution is 0.416. The van der Waals surface area contributed by atoms with Crippen molar-refractivity contribution in [3.8, 4) is 11.5 Å². The Morgan fingerprint density at radius 3 is 2.78 bits per heavy atom. The first-order chi connectivity index (χ1) is 8.66. The standard InChI is InChI=1S/C13H18N4O/c1-9(2)7-14-8-11-6-12(18-17-11)13-10(3)15-4-5-16-13/h4-6,9,14H,7-8H2,1-3H3. The van der Waals surface area contributed by atoms with Gasteiger partial charge in [-0.2, -0.15) is 0 Å². The first-order valence-electron chi connectivity index (χ1n) is 6.11. The Morgan fingerprint density at radius 1 is 1.28 bits per heavy atom. The highest BCUT2D eigenvalue weighted by Gasteiger charge is 2.10. The van der Waals surface area contributed by atoms with Crippen LogP contribution >= 0.6 is 0 Å². The van der Waals surface area contributed by atoms with Crippen molar-refractivity contribution in [1.29, 1.82) is 0 Å². The molecule has 0 aliphatic rings. The molecule has 0 unspecified atom stereocenters. The fourth-order valence-corrected chi connectivity index (χ4v) is 1.65. The Bertz CT molecular complexity index is 507. The summed E-state index contributed by atoms with van der Waals surface area (Å²) in [7, 11) is 0. The highest BCUT2D eigenvalue weighted by molar-refractivity contribution is 5.54. The van der Waals surface area contributed by atoms with Crippen LogP contribution in [0.5, 0.6) is 0 Å². The molecule has 0 bridgehead atoms. The molecule has 2 rings (SSSR count). The predicted octanol–water partition coefficient (Wildman–Crippen LogP) is 2.19. The third-order valence-electron chi connectivity index (χ3n) is 2.53.